The monoisotopic (exact) mass is 294 g/mol. The quantitative estimate of drug-likeness (QED) is 0.749. The molecule has 0 aromatic rings. The Morgan fingerprint density at radius 3 is 2.10 bits per heavy atom. The zero-order valence-corrected chi connectivity index (χ0v) is 13.0. The van der Waals surface area contributed by atoms with Gasteiger partial charge in [-0.1, -0.05) is 6.42 Å². The fourth-order valence-electron chi connectivity index (χ4n) is 2.58. The van der Waals surface area contributed by atoms with E-state index in [9.17, 15) is 13.2 Å². The van der Waals surface area contributed by atoms with Crippen molar-refractivity contribution < 1.29 is 13.2 Å². The van der Waals surface area contributed by atoms with Gasteiger partial charge in [-0.25, -0.2) is 0 Å². The van der Waals surface area contributed by atoms with Crippen molar-refractivity contribution in [3.8, 4) is 0 Å². The third-order valence-electron chi connectivity index (χ3n) is 3.86. The van der Waals surface area contributed by atoms with Crippen molar-refractivity contribution in [1.29, 1.82) is 0 Å². The van der Waals surface area contributed by atoms with E-state index in [1.807, 2.05) is 0 Å². The van der Waals surface area contributed by atoms with E-state index in [1.54, 1.807) is 0 Å². The highest BCUT2D eigenvalue weighted by Gasteiger charge is 2.40. The molecule has 0 aliphatic carbocycles. The summed E-state index contributed by atoms with van der Waals surface area (Å²) in [6, 6.07) is 0. The van der Waals surface area contributed by atoms with E-state index in [4.69, 9.17) is 0 Å². The molecule has 120 valence electrons. The highest BCUT2D eigenvalue weighted by molar-refractivity contribution is 4.77. The second-order valence-corrected chi connectivity index (χ2v) is 6.89. The van der Waals surface area contributed by atoms with E-state index in [-0.39, 0.29) is 18.4 Å². The van der Waals surface area contributed by atoms with Crippen molar-refractivity contribution in [2.45, 2.75) is 64.6 Å². The molecule has 0 atom stereocenters. The van der Waals surface area contributed by atoms with Crippen LogP contribution in [0.5, 0.6) is 0 Å². The number of alkyl halides is 3. The molecule has 0 aromatic carbocycles. The largest absolute Gasteiger partial charge is 0.391 e. The van der Waals surface area contributed by atoms with Gasteiger partial charge >= 0.3 is 6.18 Å². The topological polar surface area (TPSA) is 15.3 Å². The Labute approximate surface area is 121 Å². The average molecular weight is 294 g/mol. The molecule has 0 radical (unpaired) electrons. The summed E-state index contributed by atoms with van der Waals surface area (Å²) in [6.07, 6.45) is -0.0874. The van der Waals surface area contributed by atoms with Gasteiger partial charge in [0.05, 0.1) is 5.92 Å². The smallest absolute Gasteiger partial charge is 0.312 e. The van der Waals surface area contributed by atoms with Crippen LogP contribution in [0.3, 0.4) is 0 Å². The standard InChI is InChI=1S/C15H29F3N2/c1-14(2,3)19-9-5-4-6-10-20-11-7-13(8-12-20)15(16,17)18/h13,19H,4-12H2,1-3H3. The summed E-state index contributed by atoms with van der Waals surface area (Å²) < 4.78 is 37.6. The van der Waals surface area contributed by atoms with Crippen LogP contribution in [0.25, 0.3) is 0 Å². The first kappa shape index (κ1) is 17.8. The van der Waals surface area contributed by atoms with Crippen LogP contribution in [0.1, 0.15) is 52.9 Å². The summed E-state index contributed by atoms with van der Waals surface area (Å²) in [5.41, 5.74) is 0.166. The minimum atomic E-state index is -4.00. The Bertz CT molecular complexity index is 263. The lowest BCUT2D eigenvalue weighted by Gasteiger charge is -2.32. The molecule has 5 heteroatoms. The third kappa shape index (κ3) is 7.48. The first-order chi connectivity index (χ1) is 9.18. The summed E-state index contributed by atoms with van der Waals surface area (Å²) >= 11 is 0. The number of piperidine rings is 1. The van der Waals surface area contributed by atoms with Gasteiger partial charge in [-0.05, 0) is 72.6 Å². The molecule has 1 rings (SSSR count). The Morgan fingerprint density at radius 1 is 1.00 bits per heavy atom. The van der Waals surface area contributed by atoms with E-state index in [1.165, 1.54) is 0 Å². The highest BCUT2D eigenvalue weighted by atomic mass is 19.4. The van der Waals surface area contributed by atoms with Crippen molar-refractivity contribution >= 4 is 0 Å². The third-order valence-corrected chi connectivity index (χ3v) is 3.86. The molecule has 0 spiro atoms. The SMILES string of the molecule is CC(C)(C)NCCCCCN1CCC(C(F)(F)F)CC1. The number of likely N-dealkylation sites (tertiary alicyclic amines) is 1. The van der Waals surface area contributed by atoms with Gasteiger partial charge in [-0.3, -0.25) is 0 Å². The van der Waals surface area contributed by atoms with Crippen LogP contribution in [-0.4, -0.2) is 42.8 Å². The second-order valence-electron chi connectivity index (χ2n) is 6.89. The Balaban J connectivity index is 2.02. The van der Waals surface area contributed by atoms with Gasteiger partial charge in [0.15, 0.2) is 0 Å². The van der Waals surface area contributed by atoms with E-state index in [0.29, 0.717) is 13.1 Å². The zero-order chi connectivity index (χ0) is 15.2. The maximum Gasteiger partial charge on any atom is 0.391 e. The molecular formula is C15H29F3N2. The zero-order valence-electron chi connectivity index (χ0n) is 13.0. The van der Waals surface area contributed by atoms with E-state index in [2.05, 4.69) is 31.0 Å². The fraction of sp³-hybridized carbons (Fsp3) is 1.00. The van der Waals surface area contributed by atoms with Gasteiger partial charge in [-0.15, -0.1) is 0 Å². The lowest BCUT2D eigenvalue weighted by molar-refractivity contribution is -0.185. The molecule has 0 unspecified atom stereocenters. The van der Waals surface area contributed by atoms with Crippen LogP contribution in [-0.2, 0) is 0 Å². The van der Waals surface area contributed by atoms with Crippen LogP contribution < -0.4 is 5.32 Å². The number of hydrogen-bond acceptors (Lipinski definition) is 2. The maximum atomic E-state index is 12.5. The summed E-state index contributed by atoms with van der Waals surface area (Å²) in [5.74, 6) is -1.07. The van der Waals surface area contributed by atoms with Crippen molar-refractivity contribution in [1.82, 2.24) is 10.2 Å². The summed E-state index contributed by atoms with van der Waals surface area (Å²) in [7, 11) is 0. The molecule has 20 heavy (non-hydrogen) atoms. The van der Waals surface area contributed by atoms with Crippen LogP contribution >= 0.6 is 0 Å². The van der Waals surface area contributed by atoms with Crippen molar-refractivity contribution in [2.75, 3.05) is 26.2 Å². The number of halogens is 3. The summed E-state index contributed by atoms with van der Waals surface area (Å²) in [6.45, 7) is 9.61. The second kappa shape index (κ2) is 7.64. The number of unbranched alkanes of at least 4 members (excludes halogenated alkanes) is 2. The van der Waals surface area contributed by atoms with Gasteiger partial charge in [0.2, 0.25) is 0 Å². The van der Waals surface area contributed by atoms with Crippen LogP contribution in [0.15, 0.2) is 0 Å². The maximum absolute atomic E-state index is 12.5. The molecule has 0 amide bonds. The molecular weight excluding hydrogens is 265 g/mol. The molecule has 0 saturated carbocycles. The first-order valence-electron chi connectivity index (χ1n) is 7.72. The Kier molecular flexibility index (Phi) is 6.79. The highest BCUT2D eigenvalue weighted by Crippen LogP contribution is 2.34. The van der Waals surface area contributed by atoms with Gasteiger partial charge in [0, 0.05) is 5.54 Å². The summed E-state index contributed by atoms with van der Waals surface area (Å²) in [4.78, 5) is 2.18. The van der Waals surface area contributed by atoms with Gasteiger partial charge in [0.1, 0.15) is 0 Å². The number of nitrogens with zero attached hydrogens (tertiary/aromatic N) is 1. The van der Waals surface area contributed by atoms with E-state index in [0.717, 1.165) is 32.4 Å². The molecule has 1 N–H and O–H groups in total. The lowest BCUT2D eigenvalue weighted by atomic mass is 9.96. The Hall–Kier alpha value is -0.290. The van der Waals surface area contributed by atoms with Crippen LogP contribution in [0.4, 0.5) is 13.2 Å². The Morgan fingerprint density at radius 2 is 1.60 bits per heavy atom. The van der Waals surface area contributed by atoms with Gasteiger partial charge in [0.25, 0.3) is 0 Å². The minimum absolute atomic E-state index is 0.166. The predicted molar refractivity (Wildman–Crippen MR) is 76.8 cm³/mol. The molecule has 0 aromatic heterocycles. The van der Waals surface area contributed by atoms with Crippen LogP contribution in [0, 0.1) is 5.92 Å². The van der Waals surface area contributed by atoms with Gasteiger partial charge < -0.3 is 10.2 Å². The molecule has 1 heterocycles. The van der Waals surface area contributed by atoms with Crippen molar-refractivity contribution in [2.24, 2.45) is 5.92 Å². The minimum Gasteiger partial charge on any atom is -0.312 e. The normalized spacial score (nSPS) is 19.5. The first-order valence-corrected chi connectivity index (χ1v) is 7.72. The van der Waals surface area contributed by atoms with Crippen molar-refractivity contribution in [3.63, 3.8) is 0 Å². The fourth-order valence-corrected chi connectivity index (χ4v) is 2.58. The lowest BCUT2D eigenvalue weighted by Crippen LogP contribution is -2.39. The van der Waals surface area contributed by atoms with E-state index < -0.39 is 12.1 Å². The molecule has 1 fully saturated rings. The predicted octanol–water partition coefficient (Wildman–Crippen LogP) is 3.82. The number of hydrogen-bond donors (Lipinski definition) is 1. The molecule has 1 aliphatic rings. The van der Waals surface area contributed by atoms with Crippen LogP contribution in [0.2, 0.25) is 0 Å². The van der Waals surface area contributed by atoms with Crippen molar-refractivity contribution in [3.05, 3.63) is 0 Å². The van der Waals surface area contributed by atoms with E-state index >= 15 is 0 Å². The average Bonchev–Trinajstić information content (AvgIpc) is 2.32. The molecule has 1 aliphatic heterocycles. The number of rotatable bonds is 6. The molecule has 1 saturated heterocycles. The molecule has 0 bridgehead atoms. The van der Waals surface area contributed by atoms with Gasteiger partial charge in [-0.2, -0.15) is 13.2 Å². The number of nitrogens with one attached hydrogen (secondary N) is 1. The summed E-state index contributed by atoms with van der Waals surface area (Å²) in [5, 5.41) is 3.44. The molecule has 2 nitrogen and oxygen atoms in total.